The number of nitro groups is 1. The number of anilines is 1. The molecular formula is C16H17N5O6S. The van der Waals surface area contributed by atoms with Crippen LogP contribution in [-0.4, -0.2) is 64.8 Å². The van der Waals surface area contributed by atoms with E-state index in [-0.39, 0.29) is 22.8 Å². The lowest BCUT2D eigenvalue weighted by atomic mass is 10.1. The number of hydrogen-bond donors (Lipinski definition) is 2. The summed E-state index contributed by atoms with van der Waals surface area (Å²) in [6, 6.07) is 4.74. The van der Waals surface area contributed by atoms with Gasteiger partial charge in [-0.05, 0) is 12.1 Å². The number of nitro benzene ring substituents is 1. The molecule has 0 spiro atoms. The van der Waals surface area contributed by atoms with Crippen molar-refractivity contribution in [3.8, 4) is 0 Å². The molecule has 0 radical (unpaired) electrons. The number of nitrogens with one attached hydrogen (secondary N) is 1. The van der Waals surface area contributed by atoms with Crippen molar-refractivity contribution in [1.29, 1.82) is 0 Å². The van der Waals surface area contributed by atoms with Crippen LogP contribution in [0.1, 0.15) is 12.0 Å². The van der Waals surface area contributed by atoms with Crippen molar-refractivity contribution in [2.45, 2.75) is 11.7 Å². The molecule has 2 N–H and O–H groups in total. The van der Waals surface area contributed by atoms with E-state index >= 15 is 0 Å². The Bertz CT molecular complexity index is 852. The van der Waals surface area contributed by atoms with Crippen molar-refractivity contribution in [1.82, 2.24) is 5.32 Å². The molecule has 1 aromatic carbocycles. The predicted octanol–water partition coefficient (Wildman–Crippen LogP) is 0.828. The molecule has 1 amide bonds. The molecule has 1 unspecified atom stereocenters. The number of carboxylic acid groups (broad SMARTS) is 1. The van der Waals surface area contributed by atoms with Crippen LogP contribution in [0.3, 0.4) is 0 Å². The fraction of sp³-hybridized carbons (Fsp3) is 0.375. The highest BCUT2D eigenvalue weighted by atomic mass is 32.2. The number of carbonyl (C=O) groups is 2. The number of amides is 1. The number of benzene rings is 1. The van der Waals surface area contributed by atoms with Crippen LogP contribution in [0.15, 0.2) is 28.4 Å². The largest absolute Gasteiger partial charge is 0.481 e. The summed E-state index contributed by atoms with van der Waals surface area (Å²) < 4.78 is 5.31. The number of thioether (sulfide) groups is 1. The molecule has 1 aromatic rings. The Hall–Kier alpha value is -2.99. The number of morpholine rings is 1. The Morgan fingerprint density at radius 3 is 2.89 bits per heavy atom. The molecule has 2 saturated heterocycles. The first kappa shape index (κ1) is 19.8. The highest BCUT2D eigenvalue weighted by molar-refractivity contribution is 8.15. The highest BCUT2D eigenvalue weighted by Crippen LogP contribution is 2.25. The molecule has 2 fully saturated rings. The minimum absolute atomic E-state index is 0.118. The summed E-state index contributed by atoms with van der Waals surface area (Å²) in [4.78, 5) is 35.2. The average Bonchev–Trinajstić information content (AvgIpc) is 3.01. The van der Waals surface area contributed by atoms with E-state index < -0.39 is 22.0 Å². The number of rotatable bonds is 6. The van der Waals surface area contributed by atoms with Crippen molar-refractivity contribution in [3.63, 3.8) is 0 Å². The second-order valence-electron chi connectivity index (χ2n) is 5.94. The molecule has 2 aliphatic rings. The molecule has 2 aliphatic heterocycles. The zero-order valence-electron chi connectivity index (χ0n) is 14.6. The Kier molecular flexibility index (Phi) is 6.21. The quantitative estimate of drug-likeness (QED) is 0.400. The molecule has 3 rings (SSSR count). The second kappa shape index (κ2) is 8.80. The van der Waals surface area contributed by atoms with Crippen LogP contribution in [0.25, 0.3) is 0 Å². The van der Waals surface area contributed by atoms with Crippen LogP contribution in [0.5, 0.6) is 0 Å². The van der Waals surface area contributed by atoms with Gasteiger partial charge in [-0.25, -0.2) is 0 Å². The molecular weight excluding hydrogens is 390 g/mol. The molecule has 0 aromatic heterocycles. The monoisotopic (exact) mass is 407 g/mol. The first-order valence-electron chi connectivity index (χ1n) is 8.35. The average molecular weight is 407 g/mol. The third kappa shape index (κ3) is 4.84. The van der Waals surface area contributed by atoms with Gasteiger partial charge in [0.15, 0.2) is 5.17 Å². The van der Waals surface area contributed by atoms with Crippen molar-refractivity contribution in [3.05, 3.63) is 33.9 Å². The Balaban J connectivity index is 1.77. The van der Waals surface area contributed by atoms with Gasteiger partial charge in [-0.15, -0.1) is 5.10 Å². The Labute approximate surface area is 163 Å². The molecule has 1 atom stereocenters. The van der Waals surface area contributed by atoms with E-state index in [1.165, 1.54) is 12.3 Å². The van der Waals surface area contributed by atoms with Gasteiger partial charge in [0.05, 0.1) is 36.3 Å². The fourth-order valence-corrected chi connectivity index (χ4v) is 3.63. The smallest absolute Gasteiger partial charge is 0.305 e. The number of amidine groups is 1. The maximum atomic E-state index is 11.7. The summed E-state index contributed by atoms with van der Waals surface area (Å²) in [7, 11) is 0. The van der Waals surface area contributed by atoms with Crippen LogP contribution in [0.4, 0.5) is 11.4 Å². The Morgan fingerprint density at radius 1 is 1.46 bits per heavy atom. The first-order valence-corrected chi connectivity index (χ1v) is 9.23. The maximum Gasteiger partial charge on any atom is 0.305 e. The zero-order valence-corrected chi connectivity index (χ0v) is 15.4. The van der Waals surface area contributed by atoms with Gasteiger partial charge < -0.3 is 20.1 Å². The minimum atomic E-state index is -1.09. The second-order valence-corrected chi connectivity index (χ2v) is 7.13. The number of carbonyl (C=O) groups excluding carboxylic acids is 1. The van der Waals surface area contributed by atoms with Crippen LogP contribution in [-0.2, 0) is 14.3 Å². The van der Waals surface area contributed by atoms with E-state index in [1.54, 1.807) is 12.1 Å². The predicted molar refractivity (Wildman–Crippen MR) is 103 cm³/mol. The minimum Gasteiger partial charge on any atom is -0.481 e. The van der Waals surface area contributed by atoms with Crippen molar-refractivity contribution in [2.75, 3.05) is 31.2 Å². The normalized spacial score (nSPS) is 21.3. The number of nitrogens with zero attached hydrogens (tertiary/aromatic N) is 4. The summed E-state index contributed by atoms with van der Waals surface area (Å²) in [5.74, 6) is -1.55. The fourth-order valence-electron chi connectivity index (χ4n) is 2.72. The number of hydrogen-bond acceptors (Lipinski definition) is 9. The van der Waals surface area contributed by atoms with Crippen LogP contribution < -0.4 is 10.2 Å². The van der Waals surface area contributed by atoms with E-state index in [0.717, 1.165) is 17.4 Å². The van der Waals surface area contributed by atoms with Gasteiger partial charge in [-0.2, -0.15) is 5.10 Å². The molecule has 0 bridgehead atoms. The molecule has 0 saturated carbocycles. The van der Waals surface area contributed by atoms with Gasteiger partial charge in [0.2, 0.25) is 5.91 Å². The van der Waals surface area contributed by atoms with E-state index in [1.807, 2.05) is 0 Å². The number of aliphatic carboxylic acids is 1. The van der Waals surface area contributed by atoms with E-state index in [2.05, 4.69) is 20.4 Å². The summed E-state index contributed by atoms with van der Waals surface area (Å²) in [6.45, 7) is 2.54. The van der Waals surface area contributed by atoms with Gasteiger partial charge in [0, 0.05) is 24.8 Å². The lowest BCUT2D eigenvalue weighted by Gasteiger charge is -2.28. The van der Waals surface area contributed by atoms with Gasteiger partial charge in [0.25, 0.3) is 5.69 Å². The number of ether oxygens (including phenoxy) is 1. The molecule has 12 heteroatoms. The van der Waals surface area contributed by atoms with Crippen molar-refractivity contribution >= 4 is 46.4 Å². The Morgan fingerprint density at radius 2 is 2.21 bits per heavy atom. The van der Waals surface area contributed by atoms with Gasteiger partial charge >= 0.3 is 5.97 Å². The van der Waals surface area contributed by atoms with Gasteiger partial charge in [-0.3, -0.25) is 19.7 Å². The topological polar surface area (TPSA) is 147 Å². The lowest BCUT2D eigenvalue weighted by Crippen LogP contribution is -2.36. The van der Waals surface area contributed by atoms with Crippen LogP contribution >= 0.6 is 11.8 Å². The summed E-state index contributed by atoms with van der Waals surface area (Å²) in [5.41, 5.74) is 0.968. The molecule has 148 valence electrons. The maximum absolute atomic E-state index is 11.7. The van der Waals surface area contributed by atoms with E-state index in [9.17, 15) is 19.7 Å². The van der Waals surface area contributed by atoms with Crippen molar-refractivity contribution < 1.29 is 24.4 Å². The van der Waals surface area contributed by atoms with E-state index in [0.29, 0.717) is 26.3 Å². The SMILES string of the molecule is O=C(O)CC1SC(=NN=Cc2cc(N3CCOCC3)ccc2[N+](=O)[O-])NC1=O. The summed E-state index contributed by atoms with van der Waals surface area (Å²) >= 11 is 0.957. The third-order valence-corrected chi connectivity index (χ3v) is 5.14. The third-order valence-electron chi connectivity index (χ3n) is 4.07. The first-order chi connectivity index (χ1) is 13.4. The van der Waals surface area contributed by atoms with Gasteiger partial charge in [0.1, 0.15) is 5.25 Å². The summed E-state index contributed by atoms with van der Waals surface area (Å²) in [6.07, 6.45) is 0.915. The molecule has 0 aliphatic carbocycles. The zero-order chi connectivity index (χ0) is 20.1. The molecule has 2 heterocycles. The molecule has 11 nitrogen and oxygen atoms in total. The summed E-state index contributed by atoms with van der Waals surface area (Å²) in [5, 5.41) is 29.5. The van der Waals surface area contributed by atoms with Crippen LogP contribution in [0, 0.1) is 10.1 Å². The standard InChI is InChI=1S/C16H17N5O6S/c22-14(23)8-13-15(24)18-16(28-13)19-17-9-10-7-11(1-2-12(10)21(25)26)20-3-5-27-6-4-20/h1-2,7,9,13H,3-6,8H2,(H,22,23)(H,18,19,24). The van der Waals surface area contributed by atoms with Crippen LogP contribution in [0.2, 0.25) is 0 Å². The van der Waals surface area contributed by atoms with Crippen molar-refractivity contribution in [2.24, 2.45) is 10.2 Å². The highest BCUT2D eigenvalue weighted by Gasteiger charge is 2.32. The number of carboxylic acids is 1. The molecule has 28 heavy (non-hydrogen) atoms. The van der Waals surface area contributed by atoms with E-state index in [4.69, 9.17) is 9.84 Å². The van der Waals surface area contributed by atoms with Gasteiger partial charge in [-0.1, -0.05) is 11.8 Å². The lowest BCUT2D eigenvalue weighted by molar-refractivity contribution is -0.385.